The van der Waals surface area contributed by atoms with Gasteiger partial charge in [-0.2, -0.15) is 45.0 Å². The summed E-state index contributed by atoms with van der Waals surface area (Å²) >= 11 is 20.5. The molecule has 0 N–H and O–H groups in total. The van der Waals surface area contributed by atoms with Gasteiger partial charge in [0.25, 0.3) is 9.84 Å². The summed E-state index contributed by atoms with van der Waals surface area (Å²) in [5.74, 6) is 2.28. The summed E-state index contributed by atoms with van der Waals surface area (Å²) in [6, 6.07) is 23.9. The molecule has 6 bridgehead atoms. The molecular formula is C84H95Cl3FN21O6S2. The molecule has 0 unspecified atom stereocenters. The molecule has 27 nitrogen and oxygen atoms in total. The Balaban J connectivity index is 0.000000111. The van der Waals surface area contributed by atoms with E-state index in [0.29, 0.717) is 33.0 Å². The van der Waals surface area contributed by atoms with Crippen molar-refractivity contribution in [1.29, 1.82) is 10.5 Å². The number of ketones is 1. The fourth-order valence-corrected chi connectivity index (χ4v) is 21.8. The van der Waals surface area contributed by atoms with Crippen molar-refractivity contribution in [2.24, 2.45) is 29.6 Å². The van der Waals surface area contributed by atoms with Crippen molar-refractivity contribution in [3.8, 4) is 29.2 Å². The first-order valence-corrected chi connectivity index (χ1v) is 44.3. The van der Waals surface area contributed by atoms with Gasteiger partial charge in [-0.25, -0.2) is 29.0 Å². The molecule has 15 fully saturated rings. The largest absolute Gasteiger partial charge is 0.378 e. The summed E-state index contributed by atoms with van der Waals surface area (Å²) in [5, 5.41) is 52.5. The number of anilines is 3. The Morgan fingerprint density at radius 2 is 0.863 bits per heavy atom. The summed E-state index contributed by atoms with van der Waals surface area (Å²) in [6.07, 6.45) is 30.6. The van der Waals surface area contributed by atoms with Gasteiger partial charge in [-0.15, -0.1) is 0 Å². The third-order valence-electron chi connectivity index (χ3n) is 27.8. The topological polar surface area (TPSA) is 257 Å². The van der Waals surface area contributed by atoms with E-state index in [0.717, 1.165) is 184 Å². The maximum absolute atomic E-state index is 12.4. The number of fused-ring (bicyclic) bond motifs is 3. The molecule has 0 amide bonds. The van der Waals surface area contributed by atoms with Crippen LogP contribution < -0.4 is 14.7 Å². The number of ether oxygens (including phenoxy) is 3. The van der Waals surface area contributed by atoms with Crippen LogP contribution in [-0.2, 0) is 45.5 Å². The van der Waals surface area contributed by atoms with Gasteiger partial charge >= 0.3 is 5.88 Å². The van der Waals surface area contributed by atoms with Gasteiger partial charge in [0.2, 0.25) is 0 Å². The van der Waals surface area contributed by atoms with Crippen LogP contribution in [0.15, 0.2) is 121 Å². The second kappa shape index (κ2) is 30.8. The van der Waals surface area contributed by atoms with E-state index in [-0.39, 0.29) is 69.0 Å². The number of carbonyl (C=O) groups excluding carboxylic acids is 1. The lowest BCUT2D eigenvalue weighted by Crippen LogP contribution is -2.59. The molecule has 0 radical (unpaired) electrons. The zero-order valence-corrected chi connectivity index (χ0v) is 70.2. The van der Waals surface area contributed by atoms with E-state index < -0.39 is 21.3 Å². The third kappa shape index (κ3) is 14.0. The number of nitrogens with zero attached hydrogens (tertiary/aromatic N) is 21. The number of halogens is 4. The molecule has 9 aliphatic carbocycles. The van der Waals surface area contributed by atoms with Crippen molar-refractivity contribution in [2.75, 3.05) is 145 Å². The quantitative estimate of drug-likeness (QED) is 0.0916. The fourth-order valence-electron chi connectivity index (χ4n) is 20.0. The van der Waals surface area contributed by atoms with Crippen LogP contribution in [0.5, 0.6) is 0 Å². The Kier molecular flexibility index (Phi) is 20.9. The highest BCUT2D eigenvalue weighted by Crippen LogP contribution is 2.64. The molecule has 6 aliphatic heterocycles. The Bertz CT molecular complexity index is 5450. The predicted molar refractivity (Wildman–Crippen MR) is 448 cm³/mol. The van der Waals surface area contributed by atoms with Crippen molar-refractivity contribution in [3.05, 3.63) is 148 Å². The highest BCUT2D eigenvalue weighted by molar-refractivity contribution is 7.93. The second-order valence-corrected chi connectivity index (χ2v) is 38.4. The summed E-state index contributed by atoms with van der Waals surface area (Å²) < 4.78 is 62.0. The number of aromatic nitrogens is 12. The lowest BCUT2D eigenvalue weighted by Gasteiger charge is -2.61. The predicted octanol–water partition coefficient (Wildman–Crippen LogP) is 12.6. The minimum Gasteiger partial charge on any atom is -0.378 e. The van der Waals surface area contributed by atoms with Crippen LogP contribution in [0.1, 0.15) is 84.1 Å². The van der Waals surface area contributed by atoms with Gasteiger partial charge < -0.3 is 28.9 Å². The molecule has 4 aromatic carbocycles. The summed E-state index contributed by atoms with van der Waals surface area (Å²) in [5.41, 5.74) is 10.0. The Morgan fingerprint density at radius 3 is 1.16 bits per heavy atom. The standard InChI is InChI=1S/2C25H28ClN7O.C24H27ClN6O2.C9H9NO2S.CH3FS/c2*1-24(16-34-15-19(24)11-27)31-4-2-30(3-5-31)23-7-22-18(6-21(23)26)12-29-33(22)20-13-28-32(14-20)25-8-17(9-25)10-25;1-23(15-33-14-22(23)32)29-4-2-28(3-5-29)21-7-20-17(6-19(21)25)11-27-31(20)18-12-26-30(13-18)24-8-16(9-24)10-24;1-8-3-5-9(6-4-8)13(11,12)7-10-2;1-3-2/h2*6-7,12-14,17,19H,2-5,8-10,15-16H2,1H3;6-7,11-13,16H,2-5,8-10,14-15H2,1H3;3-6H,7H2,1H3;1H3/t17?,19-,24+,25?;17?,19-,24-,25?;16?,23-,24?;;/m100../s1. The molecule has 117 heavy (non-hydrogen) atoms. The number of hydrogen-bond donors (Lipinski definition) is 0. The SMILES string of the molecule is CSF.C[C@]1(N2CCN(c3cc4c(cnn4-c4cnn(C56CC(C5)C6)c4)cc3Cl)CC2)COCC1=O.C[C@]1(N2CCN(c3cc4c(cnn4-c4cnn(C56CC(C5)C6)c4)cc3Cl)CC2)COC[C@@H]1C#N.C[C@]1(N2CCN(c3cc4c(cnn4-c4cnn(C56CC(C5)C6)c4)cc3Cl)CC2)COC[C@H]1C#N.[C-]#[N+]CS(=O)(=O)c1ccc(C)cc1. The van der Waals surface area contributed by atoms with Gasteiger partial charge in [-0.1, -0.05) is 52.5 Å². The molecule has 0 spiro atoms. The van der Waals surface area contributed by atoms with Gasteiger partial charge in [-0.05, 0) is 152 Å². The van der Waals surface area contributed by atoms with Crippen LogP contribution in [0.3, 0.4) is 0 Å². The van der Waals surface area contributed by atoms with E-state index in [1.54, 1.807) is 12.1 Å². The molecule has 10 aromatic rings. The van der Waals surface area contributed by atoms with E-state index in [1.165, 1.54) is 76.2 Å². The minimum absolute atomic E-state index is 0.0837. The number of nitriles is 2. The zero-order chi connectivity index (χ0) is 81.1. The molecule has 9 saturated carbocycles. The van der Waals surface area contributed by atoms with Gasteiger partial charge in [0, 0.05) is 113 Å². The molecule has 6 aromatic heterocycles. The van der Waals surface area contributed by atoms with Crippen molar-refractivity contribution in [3.63, 3.8) is 0 Å². The number of hydrogen-bond acceptors (Lipinski definition) is 21. The third-order valence-corrected chi connectivity index (χ3v) is 30.2. The highest BCUT2D eigenvalue weighted by Gasteiger charge is 2.61. The monoisotopic (exact) mass is 1680 g/mol. The van der Waals surface area contributed by atoms with E-state index in [2.05, 4.69) is 142 Å². The number of Topliss-reactive ketones (excluding diaryl/α,β-unsaturated/α-hetero) is 1. The maximum atomic E-state index is 12.4. The average molecular weight is 1680 g/mol. The van der Waals surface area contributed by atoms with Crippen molar-refractivity contribution in [2.45, 2.75) is 124 Å². The molecule has 33 heteroatoms. The number of piperazine rings is 3. The number of carbonyl (C=O) groups is 1. The molecule has 612 valence electrons. The van der Waals surface area contributed by atoms with Crippen molar-refractivity contribution >= 4 is 112 Å². The average Bonchev–Trinajstić information content (AvgIpc) is 1.70. The van der Waals surface area contributed by atoms with Crippen molar-refractivity contribution in [1.82, 2.24) is 73.4 Å². The summed E-state index contributed by atoms with van der Waals surface area (Å²) in [4.78, 5) is 29.5. The zero-order valence-electron chi connectivity index (χ0n) is 66.3. The molecule has 6 saturated heterocycles. The molecule has 15 aliphatic rings. The molecule has 5 atom stereocenters. The van der Waals surface area contributed by atoms with Crippen LogP contribution in [-0.4, -0.2) is 235 Å². The van der Waals surface area contributed by atoms with Gasteiger partial charge in [0.05, 0.1) is 194 Å². The Hall–Kier alpha value is -8.68. The second-order valence-electron chi connectivity index (χ2n) is 34.9. The summed E-state index contributed by atoms with van der Waals surface area (Å²) in [7, 11) is -3.38. The fraction of sp³-hybridized carbons (Fsp3) is 0.524. The number of benzene rings is 4. The Labute approximate surface area is 699 Å². The summed E-state index contributed by atoms with van der Waals surface area (Å²) in [6.45, 7) is 27.8. The van der Waals surface area contributed by atoms with Gasteiger partial charge in [0.15, 0.2) is 5.78 Å². The number of aryl methyl sites for hydroxylation is 1. The number of rotatable bonds is 14. The smallest absolute Gasteiger partial charge is 0.316 e. The maximum Gasteiger partial charge on any atom is 0.316 e. The van der Waals surface area contributed by atoms with Crippen LogP contribution in [0.25, 0.3) is 54.6 Å². The first-order valence-electron chi connectivity index (χ1n) is 40.4. The van der Waals surface area contributed by atoms with E-state index in [9.17, 15) is 27.6 Å². The van der Waals surface area contributed by atoms with Gasteiger partial charge in [-0.3, -0.25) is 38.4 Å². The number of sulfone groups is 1. The van der Waals surface area contributed by atoms with Crippen LogP contribution >= 0.6 is 47.0 Å². The first kappa shape index (κ1) is 79.4. The van der Waals surface area contributed by atoms with E-state index in [1.807, 2.05) is 83.3 Å². The molecule has 25 rings (SSSR count). The van der Waals surface area contributed by atoms with Crippen LogP contribution in [0.4, 0.5) is 20.9 Å². The molecule has 12 heterocycles. The normalized spacial score (nSPS) is 29.5. The van der Waals surface area contributed by atoms with Crippen molar-refractivity contribution < 1.29 is 31.3 Å². The van der Waals surface area contributed by atoms with Gasteiger partial charge in [0.1, 0.15) is 29.2 Å². The Morgan fingerprint density at radius 1 is 0.521 bits per heavy atom. The molecular weight excluding hydrogens is 1590 g/mol. The van der Waals surface area contributed by atoms with E-state index >= 15 is 0 Å². The lowest BCUT2D eigenvalue weighted by atomic mass is 9.50. The minimum atomic E-state index is -3.38. The first-order chi connectivity index (χ1) is 56.4. The highest BCUT2D eigenvalue weighted by atomic mass is 35.5. The lowest BCUT2D eigenvalue weighted by molar-refractivity contribution is -0.126. The van der Waals surface area contributed by atoms with E-state index in [4.69, 9.17) is 55.6 Å². The van der Waals surface area contributed by atoms with Crippen LogP contribution in [0, 0.1) is 65.7 Å². The van der Waals surface area contributed by atoms with Crippen LogP contribution in [0.2, 0.25) is 15.1 Å².